The lowest BCUT2D eigenvalue weighted by Gasteiger charge is -2.37. The molecule has 6 heteroatoms. The Morgan fingerprint density at radius 1 is 0.667 bits per heavy atom. The standard InChI is InChI=1S/C27H25N3O3/c31-26(28-16-18-29(19-17-28)27(32)33-20-21-8-2-1-3-9-21)30-24-12-6-4-10-22(24)14-15-23-11-5-7-13-25(23)30/h1-15H,16-20H2. The number of anilines is 2. The quantitative estimate of drug-likeness (QED) is 0.539. The van der Waals surface area contributed by atoms with Crippen molar-refractivity contribution in [1.29, 1.82) is 0 Å². The monoisotopic (exact) mass is 439 g/mol. The van der Waals surface area contributed by atoms with Crippen LogP contribution in [-0.2, 0) is 11.3 Å². The van der Waals surface area contributed by atoms with Gasteiger partial charge in [0.25, 0.3) is 0 Å². The highest BCUT2D eigenvalue weighted by atomic mass is 16.6. The highest BCUT2D eigenvalue weighted by Gasteiger charge is 2.31. The van der Waals surface area contributed by atoms with Gasteiger partial charge in [-0.1, -0.05) is 78.9 Å². The molecule has 0 N–H and O–H groups in total. The van der Waals surface area contributed by atoms with E-state index in [2.05, 4.69) is 0 Å². The summed E-state index contributed by atoms with van der Waals surface area (Å²) in [6.07, 6.45) is 3.74. The van der Waals surface area contributed by atoms with E-state index in [9.17, 15) is 9.59 Å². The number of para-hydroxylation sites is 2. The molecule has 0 spiro atoms. The fourth-order valence-corrected chi connectivity index (χ4v) is 4.21. The summed E-state index contributed by atoms with van der Waals surface area (Å²) < 4.78 is 5.45. The summed E-state index contributed by atoms with van der Waals surface area (Å²) >= 11 is 0. The van der Waals surface area contributed by atoms with E-state index in [1.807, 2.05) is 91.0 Å². The molecule has 33 heavy (non-hydrogen) atoms. The summed E-state index contributed by atoms with van der Waals surface area (Å²) in [5, 5.41) is 0. The lowest BCUT2D eigenvalue weighted by atomic mass is 10.1. The average molecular weight is 440 g/mol. The van der Waals surface area contributed by atoms with Crippen LogP contribution in [0.25, 0.3) is 12.2 Å². The smallest absolute Gasteiger partial charge is 0.410 e. The third-order valence-electron chi connectivity index (χ3n) is 6.00. The molecule has 3 amide bonds. The summed E-state index contributed by atoms with van der Waals surface area (Å²) in [5.74, 6) is 0. The molecule has 6 nitrogen and oxygen atoms in total. The molecule has 0 bridgehead atoms. The zero-order valence-electron chi connectivity index (χ0n) is 18.3. The van der Waals surface area contributed by atoms with Gasteiger partial charge in [0.2, 0.25) is 0 Å². The van der Waals surface area contributed by atoms with Crippen molar-refractivity contribution in [2.45, 2.75) is 6.61 Å². The van der Waals surface area contributed by atoms with E-state index >= 15 is 0 Å². The maximum atomic E-state index is 13.7. The predicted molar refractivity (Wildman–Crippen MR) is 129 cm³/mol. The zero-order valence-corrected chi connectivity index (χ0v) is 18.3. The van der Waals surface area contributed by atoms with Gasteiger partial charge in [-0.25, -0.2) is 9.59 Å². The van der Waals surface area contributed by atoms with E-state index in [1.165, 1.54) is 0 Å². The lowest BCUT2D eigenvalue weighted by molar-refractivity contribution is 0.0778. The number of urea groups is 1. The summed E-state index contributed by atoms with van der Waals surface area (Å²) in [4.78, 5) is 31.5. The first-order chi connectivity index (χ1) is 16.2. The van der Waals surface area contributed by atoms with Crippen molar-refractivity contribution in [3.8, 4) is 0 Å². The van der Waals surface area contributed by atoms with Gasteiger partial charge in [0.1, 0.15) is 6.61 Å². The van der Waals surface area contributed by atoms with Crippen molar-refractivity contribution in [3.63, 3.8) is 0 Å². The molecule has 3 aromatic carbocycles. The number of hydrogen-bond acceptors (Lipinski definition) is 3. The van der Waals surface area contributed by atoms with Crippen LogP contribution in [0.5, 0.6) is 0 Å². The number of carbonyl (C=O) groups is 2. The lowest BCUT2D eigenvalue weighted by Crippen LogP contribution is -2.53. The molecule has 2 aliphatic rings. The topological polar surface area (TPSA) is 53.1 Å². The third-order valence-corrected chi connectivity index (χ3v) is 6.00. The highest BCUT2D eigenvalue weighted by molar-refractivity contribution is 6.05. The van der Waals surface area contributed by atoms with E-state index < -0.39 is 0 Å². The van der Waals surface area contributed by atoms with Crippen LogP contribution in [0.2, 0.25) is 0 Å². The summed E-state index contributed by atoms with van der Waals surface area (Å²) in [5.41, 5.74) is 4.64. The molecule has 2 aliphatic heterocycles. The second-order valence-electron chi connectivity index (χ2n) is 8.08. The van der Waals surface area contributed by atoms with Gasteiger partial charge >= 0.3 is 12.1 Å². The normalized spacial score (nSPS) is 14.8. The molecule has 0 aromatic heterocycles. The number of amides is 3. The fraction of sp³-hybridized carbons (Fsp3) is 0.185. The molecule has 0 radical (unpaired) electrons. The number of rotatable bonds is 2. The number of carbonyl (C=O) groups excluding carboxylic acids is 2. The van der Waals surface area contributed by atoms with Gasteiger partial charge in [0.05, 0.1) is 11.4 Å². The molecule has 3 aromatic rings. The van der Waals surface area contributed by atoms with Crippen LogP contribution in [0, 0.1) is 0 Å². The third kappa shape index (κ3) is 4.32. The van der Waals surface area contributed by atoms with Gasteiger partial charge in [0, 0.05) is 26.2 Å². The molecule has 166 valence electrons. The molecule has 1 saturated heterocycles. The maximum absolute atomic E-state index is 13.7. The van der Waals surface area contributed by atoms with Crippen molar-refractivity contribution in [3.05, 3.63) is 95.6 Å². The summed E-state index contributed by atoms with van der Waals surface area (Å²) in [7, 11) is 0. The Balaban J connectivity index is 1.28. The van der Waals surface area contributed by atoms with Crippen LogP contribution in [0.3, 0.4) is 0 Å². The van der Waals surface area contributed by atoms with E-state index in [0.29, 0.717) is 26.2 Å². The van der Waals surface area contributed by atoms with Gasteiger partial charge in [-0.3, -0.25) is 4.90 Å². The van der Waals surface area contributed by atoms with Crippen molar-refractivity contribution < 1.29 is 14.3 Å². The van der Waals surface area contributed by atoms with Crippen molar-refractivity contribution >= 4 is 35.7 Å². The largest absolute Gasteiger partial charge is 0.445 e. The summed E-state index contributed by atoms with van der Waals surface area (Å²) in [6, 6.07) is 25.3. The van der Waals surface area contributed by atoms with Crippen LogP contribution in [0.4, 0.5) is 21.0 Å². The van der Waals surface area contributed by atoms with Gasteiger partial charge in [0.15, 0.2) is 0 Å². The first-order valence-electron chi connectivity index (χ1n) is 11.1. The molecule has 5 rings (SSSR count). The van der Waals surface area contributed by atoms with Gasteiger partial charge in [-0.15, -0.1) is 0 Å². The Hall–Kier alpha value is -4.06. The highest BCUT2D eigenvalue weighted by Crippen LogP contribution is 2.37. The van der Waals surface area contributed by atoms with Crippen LogP contribution < -0.4 is 4.90 Å². The van der Waals surface area contributed by atoms with Crippen molar-refractivity contribution in [1.82, 2.24) is 9.80 Å². The molecular formula is C27H25N3O3. The average Bonchev–Trinajstić information content (AvgIpc) is 3.04. The SMILES string of the molecule is O=C(OCc1ccccc1)N1CCN(C(=O)N2c3ccccc3C=Cc3ccccc32)CC1. The molecular weight excluding hydrogens is 414 g/mol. The van der Waals surface area contributed by atoms with Gasteiger partial charge in [-0.2, -0.15) is 0 Å². The first-order valence-corrected chi connectivity index (χ1v) is 11.1. The molecule has 0 unspecified atom stereocenters. The molecule has 0 saturated carbocycles. The van der Waals surface area contributed by atoms with Crippen LogP contribution in [0.1, 0.15) is 16.7 Å². The fourth-order valence-electron chi connectivity index (χ4n) is 4.21. The van der Waals surface area contributed by atoms with Gasteiger partial charge < -0.3 is 14.5 Å². The Morgan fingerprint density at radius 3 is 1.79 bits per heavy atom. The van der Waals surface area contributed by atoms with Crippen LogP contribution in [0.15, 0.2) is 78.9 Å². The van der Waals surface area contributed by atoms with E-state index in [4.69, 9.17) is 4.74 Å². The minimum atomic E-state index is -0.347. The van der Waals surface area contributed by atoms with E-state index in [0.717, 1.165) is 28.1 Å². The number of nitrogens with zero attached hydrogens (tertiary/aromatic N) is 3. The second kappa shape index (κ2) is 9.20. The maximum Gasteiger partial charge on any atom is 0.410 e. The predicted octanol–water partition coefficient (Wildman–Crippen LogP) is 5.38. The number of piperazine rings is 1. The minimum Gasteiger partial charge on any atom is -0.445 e. The molecule has 0 atom stereocenters. The van der Waals surface area contributed by atoms with Gasteiger partial charge in [-0.05, 0) is 28.8 Å². The number of hydrogen-bond donors (Lipinski definition) is 0. The summed E-state index contributed by atoms with van der Waals surface area (Å²) in [6.45, 7) is 2.03. The first kappa shape index (κ1) is 20.8. The Kier molecular flexibility index (Phi) is 5.81. The van der Waals surface area contributed by atoms with Crippen LogP contribution in [-0.4, -0.2) is 48.1 Å². The second-order valence-corrected chi connectivity index (χ2v) is 8.08. The molecule has 1 fully saturated rings. The van der Waals surface area contributed by atoms with Crippen LogP contribution >= 0.6 is 0 Å². The zero-order chi connectivity index (χ0) is 22.6. The Morgan fingerprint density at radius 2 is 1.18 bits per heavy atom. The number of fused-ring (bicyclic) bond motifs is 2. The molecule has 0 aliphatic carbocycles. The molecule has 2 heterocycles. The number of benzene rings is 3. The van der Waals surface area contributed by atoms with E-state index in [-0.39, 0.29) is 18.7 Å². The van der Waals surface area contributed by atoms with Crippen molar-refractivity contribution in [2.24, 2.45) is 0 Å². The minimum absolute atomic E-state index is 0.0871. The number of ether oxygens (including phenoxy) is 1. The van der Waals surface area contributed by atoms with Crippen molar-refractivity contribution in [2.75, 3.05) is 31.1 Å². The Labute approximate surface area is 193 Å². The Bertz CT molecular complexity index is 1130. The van der Waals surface area contributed by atoms with E-state index in [1.54, 1.807) is 14.7 Å².